The second-order valence-electron chi connectivity index (χ2n) is 10.7. The number of aromatic amines is 1. The van der Waals surface area contributed by atoms with E-state index in [1.54, 1.807) is 14.2 Å². The summed E-state index contributed by atoms with van der Waals surface area (Å²) in [5, 5.41) is 14.1. The molecule has 2 aromatic carbocycles. The third-order valence-corrected chi connectivity index (χ3v) is 8.16. The lowest BCUT2D eigenvalue weighted by Crippen LogP contribution is -2.39. The molecule has 1 saturated carbocycles. The Morgan fingerprint density at radius 1 is 1.05 bits per heavy atom. The Balaban J connectivity index is 1.51. The fourth-order valence-electron chi connectivity index (χ4n) is 6.14. The zero-order chi connectivity index (χ0) is 27.5. The molecule has 0 unspecified atom stereocenters. The predicted molar refractivity (Wildman–Crippen MR) is 151 cm³/mol. The van der Waals surface area contributed by atoms with Gasteiger partial charge >= 0.3 is 0 Å². The summed E-state index contributed by atoms with van der Waals surface area (Å²) in [5.41, 5.74) is 2.26. The van der Waals surface area contributed by atoms with E-state index in [9.17, 15) is 4.79 Å². The molecule has 2 aliphatic rings. The number of nitrogens with one attached hydrogen (secondary N) is 1. The average Bonchev–Trinajstić information content (AvgIpc) is 3.77. The minimum absolute atomic E-state index is 0.0588. The lowest BCUT2D eigenvalue weighted by atomic mass is 10.0. The van der Waals surface area contributed by atoms with E-state index in [1.807, 2.05) is 47.1 Å². The Labute approximate surface area is 233 Å². The van der Waals surface area contributed by atoms with Gasteiger partial charge in [-0.3, -0.25) is 9.69 Å². The average molecular weight is 545 g/mol. The molecule has 40 heavy (non-hydrogen) atoms. The summed E-state index contributed by atoms with van der Waals surface area (Å²) in [5.74, 6) is 2.20. The van der Waals surface area contributed by atoms with Gasteiger partial charge in [0.25, 0.3) is 5.56 Å². The molecule has 1 aliphatic heterocycles. The third-order valence-electron chi connectivity index (χ3n) is 8.16. The number of H-pyrrole nitrogens is 1. The first-order valence-corrected chi connectivity index (χ1v) is 14.1. The van der Waals surface area contributed by atoms with Gasteiger partial charge in [-0.2, -0.15) is 0 Å². The standard InChI is InChI=1S/C30H36N6O4/c1-38-23-10-5-7-20(15-23)18-35(19-25-11-6-14-40-25)28(29-32-33-34-36(29)22-8-3-4-9-22)26-17-21-16-24(39-2)12-13-27(21)31-30(26)37/h5,7,10,12-13,15-17,22,25,28H,3-4,6,8-9,11,14,18-19H2,1-2H3,(H,31,37)/t25-,28-/m0/s1. The van der Waals surface area contributed by atoms with Crippen LogP contribution in [0.1, 0.15) is 67.6 Å². The highest BCUT2D eigenvalue weighted by molar-refractivity contribution is 5.80. The maximum atomic E-state index is 13.8. The number of tetrazole rings is 1. The fourth-order valence-corrected chi connectivity index (χ4v) is 6.14. The van der Waals surface area contributed by atoms with Crippen molar-refractivity contribution < 1.29 is 14.2 Å². The smallest absolute Gasteiger partial charge is 0.253 e. The van der Waals surface area contributed by atoms with E-state index >= 15 is 0 Å². The van der Waals surface area contributed by atoms with Gasteiger partial charge in [-0.1, -0.05) is 25.0 Å². The van der Waals surface area contributed by atoms with Crippen LogP contribution in [0.4, 0.5) is 0 Å². The molecule has 0 amide bonds. The van der Waals surface area contributed by atoms with Gasteiger partial charge in [0.05, 0.1) is 26.4 Å². The van der Waals surface area contributed by atoms with E-state index < -0.39 is 6.04 Å². The fraction of sp³-hybridized carbons (Fsp3) is 0.467. The minimum atomic E-state index is -0.495. The number of hydrogen-bond acceptors (Lipinski definition) is 8. The Kier molecular flexibility index (Phi) is 7.79. The van der Waals surface area contributed by atoms with Crippen LogP contribution in [0.2, 0.25) is 0 Å². The summed E-state index contributed by atoms with van der Waals surface area (Å²) in [6, 6.07) is 15.4. The van der Waals surface area contributed by atoms with Gasteiger partial charge in [0.1, 0.15) is 17.5 Å². The molecule has 1 N–H and O–H groups in total. The summed E-state index contributed by atoms with van der Waals surface area (Å²) in [7, 11) is 3.31. The van der Waals surface area contributed by atoms with E-state index in [4.69, 9.17) is 14.2 Å². The highest BCUT2D eigenvalue weighted by atomic mass is 16.5. The number of fused-ring (bicyclic) bond motifs is 1. The van der Waals surface area contributed by atoms with Crippen molar-refractivity contribution >= 4 is 10.9 Å². The van der Waals surface area contributed by atoms with E-state index in [1.165, 1.54) is 0 Å². The zero-order valence-electron chi connectivity index (χ0n) is 23.1. The first-order valence-electron chi connectivity index (χ1n) is 14.1. The van der Waals surface area contributed by atoms with Crippen LogP contribution in [0.5, 0.6) is 11.5 Å². The second-order valence-corrected chi connectivity index (χ2v) is 10.7. The Morgan fingerprint density at radius 2 is 1.88 bits per heavy atom. The molecule has 0 bridgehead atoms. The van der Waals surface area contributed by atoms with Crippen LogP contribution in [0, 0.1) is 0 Å². The largest absolute Gasteiger partial charge is 0.497 e. The molecule has 1 aliphatic carbocycles. The van der Waals surface area contributed by atoms with Crippen molar-refractivity contribution in [2.24, 2.45) is 0 Å². The van der Waals surface area contributed by atoms with Gasteiger partial charge < -0.3 is 19.2 Å². The Morgan fingerprint density at radius 3 is 2.65 bits per heavy atom. The molecule has 2 atom stereocenters. The van der Waals surface area contributed by atoms with Gasteiger partial charge in [-0.05, 0) is 78.1 Å². The van der Waals surface area contributed by atoms with E-state index in [0.717, 1.165) is 73.1 Å². The number of benzene rings is 2. The SMILES string of the molecule is COc1cccc(CN(C[C@@H]2CCCO2)[C@@H](c2cc3cc(OC)ccc3[nH]c2=O)c2nnnn2C2CCCC2)c1. The van der Waals surface area contributed by atoms with Gasteiger partial charge in [-0.25, -0.2) is 4.68 Å². The lowest BCUT2D eigenvalue weighted by Gasteiger charge is -2.33. The number of pyridine rings is 1. The topological polar surface area (TPSA) is 107 Å². The monoisotopic (exact) mass is 544 g/mol. The maximum Gasteiger partial charge on any atom is 0.253 e. The Bertz CT molecular complexity index is 1510. The molecule has 0 radical (unpaired) electrons. The van der Waals surface area contributed by atoms with Crippen molar-refractivity contribution in [2.45, 2.75) is 63.3 Å². The van der Waals surface area contributed by atoms with E-state index in [0.29, 0.717) is 24.5 Å². The minimum Gasteiger partial charge on any atom is -0.497 e. The van der Waals surface area contributed by atoms with Crippen molar-refractivity contribution in [1.82, 2.24) is 30.1 Å². The van der Waals surface area contributed by atoms with Crippen molar-refractivity contribution in [1.29, 1.82) is 0 Å². The van der Waals surface area contributed by atoms with Crippen molar-refractivity contribution in [3.8, 4) is 11.5 Å². The predicted octanol–water partition coefficient (Wildman–Crippen LogP) is 4.42. The van der Waals surface area contributed by atoms with E-state index in [2.05, 4.69) is 31.5 Å². The first kappa shape index (κ1) is 26.5. The molecule has 210 valence electrons. The van der Waals surface area contributed by atoms with Gasteiger partial charge in [0.15, 0.2) is 5.82 Å². The summed E-state index contributed by atoms with van der Waals surface area (Å²) in [4.78, 5) is 19.2. The molecule has 2 aromatic heterocycles. The molecule has 10 nitrogen and oxygen atoms in total. The molecule has 2 fully saturated rings. The first-order chi connectivity index (χ1) is 19.6. The quantitative estimate of drug-likeness (QED) is 0.313. The summed E-state index contributed by atoms with van der Waals surface area (Å²) >= 11 is 0. The maximum absolute atomic E-state index is 13.8. The van der Waals surface area contributed by atoms with Crippen LogP contribution < -0.4 is 15.0 Å². The van der Waals surface area contributed by atoms with Crippen LogP contribution >= 0.6 is 0 Å². The van der Waals surface area contributed by atoms with E-state index in [-0.39, 0.29) is 17.7 Å². The van der Waals surface area contributed by atoms with Gasteiger partial charge in [0.2, 0.25) is 0 Å². The number of hydrogen-bond donors (Lipinski definition) is 1. The highest BCUT2D eigenvalue weighted by Gasteiger charge is 2.35. The zero-order valence-corrected chi connectivity index (χ0v) is 23.1. The molecular weight excluding hydrogens is 508 g/mol. The Hall–Kier alpha value is -3.76. The van der Waals surface area contributed by atoms with Crippen molar-refractivity contribution in [3.63, 3.8) is 0 Å². The highest BCUT2D eigenvalue weighted by Crippen LogP contribution is 2.35. The van der Waals surface area contributed by atoms with Crippen LogP contribution in [-0.4, -0.2) is 63.6 Å². The molecule has 10 heteroatoms. The second kappa shape index (κ2) is 11.8. The van der Waals surface area contributed by atoms with Crippen LogP contribution in [0.3, 0.4) is 0 Å². The molecule has 0 spiro atoms. The summed E-state index contributed by atoms with van der Waals surface area (Å²) in [6.07, 6.45) is 6.40. The van der Waals surface area contributed by atoms with Gasteiger partial charge in [0, 0.05) is 36.2 Å². The van der Waals surface area contributed by atoms with Crippen molar-refractivity contribution in [3.05, 3.63) is 75.8 Å². The van der Waals surface area contributed by atoms with Gasteiger partial charge in [-0.15, -0.1) is 5.10 Å². The molecule has 1 saturated heterocycles. The number of methoxy groups -OCH3 is 2. The third kappa shape index (κ3) is 5.46. The molecule has 6 rings (SSSR count). The van der Waals surface area contributed by atoms with Crippen LogP contribution in [-0.2, 0) is 11.3 Å². The summed E-state index contributed by atoms with van der Waals surface area (Å²) < 4.78 is 19.1. The number of ether oxygens (including phenoxy) is 3. The molecule has 4 aromatic rings. The lowest BCUT2D eigenvalue weighted by molar-refractivity contribution is 0.0569. The van der Waals surface area contributed by atoms with Crippen molar-refractivity contribution in [2.75, 3.05) is 27.4 Å². The molecular formula is C30H36N6O4. The summed E-state index contributed by atoms with van der Waals surface area (Å²) in [6.45, 7) is 1.95. The molecule has 3 heterocycles. The normalized spacial score (nSPS) is 18.5. The number of aromatic nitrogens is 5. The van der Waals surface area contributed by atoms with Crippen LogP contribution in [0.25, 0.3) is 10.9 Å². The number of rotatable bonds is 10. The van der Waals surface area contributed by atoms with Crippen LogP contribution in [0.15, 0.2) is 53.3 Å². The number of nitrogens with zero attached hydrogens (tertiary/aromatic N) is 5.